The molecule has 0 unspecified atom stereocenters. The van der Waals surface area contributed by atoms with Crippen LogP contribution in [0.15, 0.2) is 18.2 Å². The van der Waals surface area contributed by atoms with Gasteiger partial charge in [0.05, 0.1) is 17.7 Å². The van der Waals surface area contributed by atoms with E-state index in [1.54, 1.807) is 0 Å². The lowest BCUT2D eigenvalue weighted by atomic mass is 10.1. The van der Waals surface area contributed by atoms with Gasteiger partial charge in [0.2, 0.25) is 0 Å². The molecular weight excluding hydrogens is 181 g/mol. The highest BCUT2D eigenvalue weighted by molar-refractivity contribution is 6.30. The van der Waals surface area contributed by atoms with Crippen molar-refractivity contribution in [2.75, 3.05) is 6.61 Å². The number of hydrogen-bond acceptors (Lipinski definition) is 2. The van der Waals surface area contributed by atoms with Crippen LogP contribution >= 0.6 is 11.6 Å². The standard InChI is InChI=1S/C8H9ClFNO/c9-6-3-5(8(11)4-12)1-2-7(6)10/h1-3,8,12H,4,11H2/t8-/m0/s1. The van der Waals surface area contributed by atoms with E-state index in [2.05, 4.69) is 0 Å². The van der Waals surface area contributed by atoms with E-state index >= 15 is 0 Å². The summed E-state index contributed by atoms with van der Waals surface area (Å²) in [7, 11) is 0. The van der Waals surface area contributed by atoms with Gasteiger partial charge in [-0.15, -0.1) is 0 Å². The fourth-order valence-corrected chi connectivity index (χ4v) is 1.04. The number of benzene rings is 1. The first-order chi connectivity index (χ1) is 5.65. The monoisotopic (exact) mass is 189 g/mol. The van der Waals surface area contributed by atoms with E-state index in [-0.39, 0.29) is 11.6 Å². The third-order valence-electron chi connectivity index (χ3n) is 1.57. The van der Waals surface area contributed by atoms with Gasteiger partial charge in [-0.05, 0) is 17.7 Å². The van der Waals surface area contributed by atoms with Gasteiger partial charge in [0.1, 0.15) is 5.82 Å². The molecule has 0 saturated carbocycles. The molecule has 0 amide bonds. The predicted molar refractivity (Wildman–Crippen MR) is 45.4 cm³/mol. The molecular formula is C8H9ClFNO. The van der Waals surface area contributed by atoms with E-state index in [9.17, 15) is 4.39 Å². The Morgan fingerprint density at radius 1 is 1.58 bits per heavy atom. The summed E-state index contributed by atoms with van der Waals surface area (Å²) in [5, 5.41) is 8.71. The Labute approximate surface area is 74.8 Å². The Balaban J connectivity index is 2.96. The average molecular weight is 190 g/mol. The van der Waals surface area contributed by atoms with E-state index in [4.69, 9.17) is 22.4 Å². The van der Waals surface area contributed by atoms with Gasteiger partial charge in [-0.1, -0.05) is 17.7 Å². The molecule has 0 aromatic heterocycles. The molecule has 0 aliphatic carbocycles. The van der Waals surface area contributed by atoms with Gasteiger partial charge < -0.3 is 10.8 Å². The molecule has 3 N–H and O–H groups in total. The average Bonchev–Trinajstić information content (AvgIpc) is 2.08. The van der Waals surface area contributed by atoms with Gasteiger partial charge in [-0.25, -0.2) is 4.39 Å². The molecule has 1 aromatic rings. The van der Waals surface area contributed by atoms with Gasteiger partial charge in [0.25, 0.3) is 0 Å². The molecule has 0 radical (unpaired) electrons. The zero-order valence-corrected chi connectivity index (χ0v) is 7.05. The highest BCUT2D eigenvalue weighted by atomic mass is 35.5. The summed E-state index contributed by atoms with van der Waals surface area (Å²) in [5.41, 5.74) is 6.11. The summed E-state index contributed by atoms with van der Waals surface area (Å²) in [6, 6.07) is 3.65. The smallest absolute Gasteiger partial charge is 0.141 e. The Morgan fingerprint density at radius 3 is 2.75 bits per heavy atom. The third kappa shape index (κ3) is 1.94. The molecule has 0 aliphatic heterocycles. The van der Waals surface area contributed by atoms with E-state index in [1.165, 1.54) is 18.2 Å². The lowest BCUT2D eigenvalue weighted by Crippen LogP contribution is -2.14. The van der Waals surface area contributed by atoms with Crippen molar-refractivity contribution in [2.24, 2.45) is 5.73 Å². The van der Waals surface area contributed by atoms with Crippen LogP contribution in [0.25, 0.3) is 0 Å². The number of rotatable bonds is 2. The molecule has 12 heavy (non-hydrogen) atoms. The zero-order valence-electron chi connectivity index (χ0n) is 6.30. The minimum atomic E-state index is -0.497. The molecule has 1 atom stereocenters. The Morgan fingerprint density at radius 2 is 2.25 bits per heavy atom. The maximum absolute atomic E-state index is 12.6. The fourth-order valence-electron chi connectivity index (χ4n) is 0.848. The Bertz CT molecular complexity index is 280. The number of aliphatic hydroxyl groups is 1. The predicted octanol–water partition coefficient (Wildman–Crippen LogP) is 1.47. The lowest BCUT2D eigenvalue weighted by molar-refractivity contribution is 0.268. The van der Waals surface area contributed by atoms with E-state index < -0.39 is 11.9 Å². The second-order valence-electron chi connectivity index (χ2n) is 2.46. The zero-order chi connectivity index (χ0) is 9.14. The highest BCUT2D eigenvalue weighted by Gasteiger charge is 2.06. The third-order valence-corrected chi connectivity index (χ3v) is 1.86. The van der Waals surface area contributed by atoms with Crippen LogP contribution in [-0.2, 0) is 0 Å². The Hall–Kier alpha value is -0.640. The molecule has 0 fully saturated rings. The first-order valence-electron chi connectivity index (χ1n) is 3.46. The van der Waals surface area contributed by atoms with Crippen LogP contribution in [0, 0.1) is 5.82 Å². The van der Waals surface area contributed by atoms with Gasteiger partial charge in [-0.3, -0.25) is 0 Å². The first kappa shape index (κ1) is 9.45. The van der Waals surface area contributed by atoms with Gasteiger partial charge >= 0.3 is 0 Å². The SMILES string of the molecule is N[C@@H](CO)c1ccc(F)c(Cl)c1. The van der Waals surface area contributed by atoms with E-state index in [0.29, 0.717) is 5.56 Å². The quantitative estimate of drug-likeness (QED) is 0.740. The van der Waals surface area contributed by atoms with Crippen molar-refractivity contribution in [2.45, 2.75) is 6.04 Å². The van der Waals surface area contributed by atoms with Crippen molar-refractivity contribution in [3.63, 3.8) is 0 Å². The minimum absolute atomic E-state index is 0.0244. The van der Waals surface area contributed by atoms with Crippen molar-refractivity contribution in [1.29, 1.82) is 0 Å². The van der Waals surface area contributed by atoms with Gasteiger partial charge in [0.15, 0.2) is 0 Å². The Kier molecular flexibility index (Phi) is 3.03. The molecule has 1 rings (SSSR count). The van der Waals surface area contributed by atoms with Crippen molar-refractivity contribution in [3.8, 4) is 0 Å². The molecule has 2 nitrogen and oxygen atoms in total. The van der Waals surface area contributed by atoms with Crippen molar-refractivity contribution < 1.29 is 9.50 Å². The van der Waals surface area contributed by atoms with E-state index in [1.807, 2.05) is 0 Å². The molecule has 66 valence electrons. The summed E-state index contributed by atoms with van der Waals surface area (Å²) in [6.45, 7) is -0.179. The summed E-state index contributed by atoms with van der Waals surface area (Å²) in [5.74, 6) is -0.481. The summed E-state index contributed by atoms with van der Waals surface area (Å²) in [4.78, 5) is 0. The second-order valence-corrected chi connectivity index (χ2v) is 2.87. The lowest BCUT2D eigenvalue weighted by Gasteiger charge is -2.08. The van der Waals surface area contributed by atoms with Crippen LogP contribution < -0.4 is 5.73 Å². The summed E-state index contributed by atoms with van der Waals surface area (Å²) < 4.78 is 12.6. The van der Waals surface area contributed by atoms with Crippen molar-refractivity contribution in [3.05, 3.63) is 34.6 Å². The van der Waals surface area contributed by atoms with Crippen molar-refractivity contribution >= 4 is 11.6 Å². The summed E-state index contributed by atoms with van der Waals surface area (Å²) >= 11 is 5.50. The molecule has 4 heteroatoms. The number of aliphatic hydroxyl groups excluding tert-OH is 1. The number of halogens is 2. The largest absolute Gasteiger partial charge is 0.394 e. The van der Waals surface area contributed by atoms with Crippen LogP contribution in [0.2, 0.25) is 5.02 Å². The van der Waals surface area contributed by atoms with Crippen LogP contribution in [0.5, 0.6) is 0 Å². The molecule has 0 aliphatic rings. The van der Waals surface area contributed by atoms with Crippen LogP contribution in [0.1, 0.15) is 11.6 Å². The maximum Gasteiger partial charge on any atom is 0.141 e. The second kappa shape index (κ2) is 3.85. The number of nitrogens with two attached hydrogens (primary N) is 1. The minimum Gasteiger partial charge on any atom is -0.394 e. The van der Waals surface area contributed by atoms with E-state index in [0.717, 1.165) is 0 Å². The molecule has 0 saturated heterocycles. The molecule has 0 bridgehead atoms. The molecule has 0 heterocycles. The number of hydrogen-bond donors (Lipinski definition) is 2. The molecule has 1 aromatic carbocycles. The summed E-state index contributed by atoms with van der Waals surface area (Å²) in [6.07, 6.45) is 0. The highest BCUT2D eigenvalue weighted by Crippen LogP contribution is 2.19. The topological polar surface area (TPSA) is 46.2 Å². The normalized spacial score (nSPS) is 13.0. The van der Waals surface area contributed by atoms with Crippen molar-refractivity contribution in [1.82, 2.24) is 0 Å². The van der Waals surface area contributed by atoms with Crippen LogP contribution in [0.3, 0.4) is 0 Å². The molecule has 0 spiro atoms. The fraction of sp³-hybridized carbons (Fsp3) is 0.250. The first-order valence-corrected chi connectivity index (χ1v) is 3.84. The van der Waals surface area contributed by atoms with Gasteiger partial charge in [-0.2, -0.15) is 0 Å². The maximum atomic E-state index is 12.6. The van der Waals surface area contributed by atoms with Crippen LogP contribution in [0.4, 0.5) is 4.39 Å². The van der Waals surface area contributed by atoms with Crippen LogP contribution in [-0.4, -0.2) is 11.7 Å². The van der Waals surface area contributed by atoms with Gasteiger partial charge in [0, 0.05) is 0 Å².